The number of nitrogens with zero attached hydrogens (tertiary/aromatic N) is 2. The van der Waals surface area contributed by atoms with Gasteiger partial charge in [-0.2, -0.15) is 0 Å². The van der Waals surface area contributed by atoms with Crippen molar-refractivity contribution in [2.75, 3.05) is 6.61 Å². The summed E-state index contributed by atoms with van der Waals surface area (Å²) in [5, 5.41) is 0. The highest BCUT2D eigenvalue weighted by atomic mass is 19.1. The van der Waals surface area contributed by atoms with Gasteiger partial charge in [-0.15, -0.1) is 0 Å². The molecule has 4 heteroatoms. The van der Waals surface area contributed by atoms with E-state index >= 15 is 0 Å². The minimum absolute atomic E-state index is 0.254. The molecule has 0 fully saturated rings. The van der Waals surface area contributed by atoms with Gasteiger partial charge in [0.25, 0.3) is 0 Å². The van der Waals surface area contributed by atoms with E-state index < -0.39 is 0 Å². The van der Waals surface area contributed by atoms with E-state index in [1.165, 1.54) is 6.33 Å². The topological polar surface area (TPSA) is 35.0 Å². The summed E-state index contributed by atoms with van der Waals surface area (Å²) in [4.78, 5) is 7.72. The summed E-state index contributed by atoms with van der Waals surface area (Å²) in [6.07, 6.45) is 4.55. The van der Waals surface area contributed by atoms with Gasteiger partial charge in [-0.3, -0.25) is 0 Å². The number of hydrogen-bond donors (Lipinski definition) is 0. The Bertz CT molecular complexity index is 474. The average Bonchev–Trinajstić information content (AvgIpc) is 2.33. The lowest BCUT2D eigenvalue weighted by Gasteiger charge is -2.08. The van der Waals surface area contributed by atoms with E-state index in [9.17, 15) is 4.39 Å². The van der Waals surface area contributed by atoms with Gasteiger partial charge in [-0.1, -0.05) is 12.1 Å². The molecule has 0 saturated carbocycles. The smallest absolute Gasteiger partial charge is 0.172 e. The van der Waals surface area contributed by atoms with E-state index in [4.69, 9.17) is 4.74 Å². The van der Waals surface area contributed by atoms with Crippen LogP contribution in [0, 0.1) is 5.82 Å². The molecule has 3 nitrogen and oxygen atoms in total. The Morgan fingerprint density at radius 3 is 2.69 bits per heavy atom. The van der Waals surface area contributed by atoms with Crippen LogP contribution in [0.25, 0.3) is 11.1 Å². The van der Waals surface area contributed by atoms with Crippen molar-refractivity contribution in [3.05, 3.63) is 42.7 Å². The minimum Gasteiger partial charge on any atom is -0.491 e. The van der Waals surface area contributed by atoms with Crippen LogP contribution in [0.5, 0.6) is 5.75 Å². The lowest BCUT2D eigenvalue weighted by molar-refractivity contribution is 0.322. The van der Waals surface area contributed by atoms with Crippen LogP contribution in [0.4, 0.5) is 4.39 Å². The maximum Gasteiger partial charge on any atom is 0.172 e. The molecule has 0 aliphatic heterocycles. The monoisotopic (exact) mass is 218 g/mol. The Morgan fingerprint density at radius 1 is 1.25 bits per heavy atom. The van der Waals surface area contributed by atoms with Crippen molar-refractivity contribution in [3.63, 3.8) is 0 Å². The van der Waals surface area contributed by atoms with E-state index in [-0.39, 0.29) is 11.6 Å². The number of halogens is 1. The first kappa shape index (κ1) is 10.5. The molecule has 0 bridgehead atoms. The van der Waals surface area contributed by atoms with Gasteiger partial charge in [0.05, 0.1) is 6.61 Å². The van der Waals surface area contributed by atoms with E-state index in [0.717, 1.165) is 0 Å². The van der Waals surface area contributed by atoms with Gasteiger partial charge in [0.2, 0.25) is 0 Å². The fourth-order valence-corrected chi connectivity index (χ4v) is 1.44. The normalized spacial score (nSPS) is 10.1. The van der Waals surface area contributed by atoms with Crippen molar-refractivity contribution in [1.82, 2.24) is 9.97 Å². The molecule has 0 unspecified atom stereocenters. The molecule has 1 aromatic carbocycles. The lowest BCUT2D eigenvalue weighted by Crippen LogP contribution is -1.96. The molecule has 1 aromatic heterocycles. The van der Waals surface area contributed by atoms with Gasteiger partial charge >= 0.3 is 0 Å². The molecule has 0 atom stereocenters. The van der Waals surface area contributed by atoms with E-state index in [2.05, 4.69) is 9.97 Å². The molecular weight excluding hydrogens is 207 g/mol. The second-order valence-electron chi connectivity index (χ2n) is 3.18. The molecule has 0 N–H and O–H groups in total. The number of hydrogen-bond acceptors (Lipinski definition) is 3. The number of ether oxygens (including phenoxy) is 1. The summed E-state index contributed by atoms with van der Waals surface area (Å²) in [5.41, 5.74) is 1.09. The number of aromatic nitrogens is 2. The number of benzene rings is 1. The Balaban J connectivity index is 2.46. The van der Waals surface area contributed by atoms with Crippen molar-refractivity contribution in [1.29, 1.82) is 0 Å². The zero-order valence-corrected chi connectivity index (χ0v) is 8.85. The standard InChI is InChI=1S/C12H11FN2O/c1-2-16-11-5-3-4-10(12(11)13)9-6-14-8-15-7-9/h3-8H,2H2,1H3. The van der Waals surface area contributed by atoms with E-state index in [1.54, 1.807) is 30.6 Å². The van der Waals surface area contributed by atoms with Crippen LogP contribution in [0.2, 0.25) is 0 Å². The van der Waals surface area contributed by atoms with Gasteiger partial charge in [0.15, 0.2) is 11.6 Å². The zero-order valence-electron chi connectivity index (χ0n) is 8.85. The molecule has 0 radical (unpaired) electrons. The van der Waals surface area contributed by atoms with Gasteiger partial charge in [-0.25, -0.2) is 14.4 Å². The summed E-state index contributed by atoms with van der Waals surface area (Å²) in [5.74, 6) is -0.122. The maximum absolute atomic E-state index is 14.0. The first-order chi connectivity index (χ1) is 7.83. The van der Waals surface area contributed by atoms with Crippen LogP contribution in [-0.4, -0.2) is 16.6 Å². The molecule has 1 heterocycles. The predicted octanol–water partition coefficient (Wildman–Crippen LogP) is 2.68. The highest BCUT2D eigenvalue weighted by Crippen LogP contribution is 2.27. The van der Waals surface area contributed by atoms with Crippen molar-refractivity contribution in [3.8, 4) is 16.9 Å². The quantitative estimate of drug-likeness (QED) is 0.794. The third kappa shape index (κ3) is 2.00. The molecule has 0 spiro atoms. The van der Waals surface area contributed by atoms with Crippen LogP contribution >= 0.6 is 0 Å². The molecule has 16 heavy (non-hydrogen) atoms. The van der Waals surface area contributed by atoms with Crippen molar-refractivity contribution < 1.29 is 9.13 Å². The van der Waals surface area contributed by atoms with Gasteiger partial charge in [0, 0.05) is 23.5 Å². The van der Waals surface area contributed by atoms with Crippen molar-refractivity contribution in [2.45, 2.75) is 6.92 Å². The molecule has 0 saturated heterocycles. The lowest BCUT2D eigenvalue weighted by atomic mass is 10.1. The fourth-order valence-electron chi connectivity index (χ4n) is 1.44. The Morgan fingerprint density at radius 2 is 2.00 bits per heavy atom. The third-order valence-corrected chi connectivity index (χ3v) is 2.13. The average molecular weight is 218 g/mol. The summed E-state index contributed by atoms with van der Waals surface area (Å²) >= 11 is 0. The number of rotatable bonds is 3. The Hall–Kier alpha value is -1.97. The predicted molar refractivity (Wildman–Crippen MR) is 58.6 cm³/mol. The van der Waals surface area contributed by atoms with Crippen molar-refractivity contribution in [2.24, 2.45) is 0 Å². The second kappa shape index (κ2) is 4.70. The Kier molecular flexibility index (Phi) is 3.10. The summed E-state index contributed by atoms with van der Waals surface area (Å²) < 4.78 is 19.1. The molecule has 2 aromatic rings. The van der Waals surface area contributed by atoms with Gasteiger partial charge in [0.1, 0.15) is 6.33 Å². The fraction of sp³-hybridized carbons (Fsp3) is 0.167. The maximum atomic E-state index is 14.0. The highest BCUT2D eigenvalue weighted by molar-refractivity contribution is 5.64. The minimum atomic E-state index is -0.376. The molecule has 0 aliphatic carbocycles. The van der Waals surface area contributed by atoms with Crippen LogP contribution < -0.4 is 4.74 Å². The van der Waals surface area contributed by atoms with E-state index in [1.807, 2.05) is 6.92 Å². The first-order valence-electron chi connectivity index (χ1n) is 4.99. The molecular formula is C12H11FN2O. The van der Waals surface area contributed by atoms with Crippen LogP contribution in [0.1, 0.15) is 6.92 Å². The summed E-state index contributed by atoms with van der Waals surface area (Å²) in [6.45, 7) is 2.25. The zero-order chi connectivity index (χ0) is 11.4. The highest BCUT2D eigenvalue weighted by Gasteiger charge is 2.10. The molecule has 0 amide bonds. The molecule has 0 aliphatic rings. The van der Waals surface area contributed by atoms with E-state index in [0.29, 0.717) is 17.7 Å². The van der Waals surface area contributed by atoms with Crippen molar-refractivity contribution >= 4 is 0 Å². The second-order valence-corrected chi connectivity index (χ2v) is 3.18. The van der Waals surface area contributed by atoms with Gasteiger partial charge < -0.3 is 4.74 Å². The molecule has 2 rings (SSSR count). The summed E-state index contributed by atoms with van der Waals surface area (Å²) in [6, 6.07) is 5.03. The van der Waals surface area contributed by atoms with Crippen LogP contribution in [-0.2, 0) is 0 Å². The summed E-state index contributed by atoms with van der Waals surface area (Å²) in [7, 11) is 0. The third-order valence-electron chi connectivity index (χ3n) is 2.13. The van der Waals surface area contributed by atoms with Crippen LogP contribution in [0.15, 0.2) is 36.9 Å². The first-order valence-corrected chi connectivity index (χ1v) is 4.99. The van der Waals surface area contributed by atoms with Gasteiger partial charge in [-0.05, 0) is 13.0 Å². The molecule has 82 valence electrons. The largest absolute Gasteiger partial charge is 0.491 e. The van der Waals surface area contributed by atoms with Crippen LogP contribution in [0.3, 0.4) is 0 Å². The SMILES string of the molecule is CCOc1cccc(-c2cncnc2)c1F. The Labute approximate surface area is 92.9 Å².